The lowest BCUT2D eigenvalue weighted by Crippen LogP contribution is -2.31. The lowest BCUT2D eigenvalue weighted by atomic mass is 10.1. The Morgan fingerprint density at radius 2 is 1.50 bits per heavy atom. The normalized spacial score (nSPS) is 12.2. The molecule has 0 unspecified atom stereocenters. The first-order valence-electron chi connectivity index (χ1n) is 7.24. The Bertz CT molecular complexity index is 264. The van der Waals surface area contributed by atoms with E-state index in [1.807, 2.05) is 0 Å². The topological polar surface area (TPSA) is 43.4 Å². The van der Waals surface area contributed by atoms with Gasteiger partial charge in [-0.3, -0.25) is 0 Å². The van der Waals surface area contributed by atoms with Gasteiger partial charge < -0.3 is 14.8 Å². The minimum Gasteiger partial charge on any atom is -0.545 e. The molecule has 0 aliphatic carbocycles. The number of carboxylic acid groups (broad SMARTS) is 1. The molecule has 0 saturated heterocycles. The van der Waals surface area contributed by atoms with Gasteiger partial charge in [0.15, 0.2) is 0 Å². The Balaban J connectivity index is 4.94. The molecule has 0 heterocycles. The molecule has 0 aliphatic rings. The van der Waals surface area contributed by atoms with Gasteiger partial charge in [-0.1, -0.05) is 40.0 Å². The molecule has 0 N–H and O–H groups in total. The molecule has 3 nitrogen and oxygen atoms in total. The Morgan fingerprint density at radius 1 is 1.00 bits per heavy atom. The smallest absolute Gasteiger partial charge is 0.0689 e. The Kier molecular flexibility index (Phi) is 9.43. The van der Waals surface area contributed by atoms with Crippen molar-refractivity contribution in [1.29, 1.82) is 0 Å². The number of aliphatic carboxylic acids is 1. The SMILES string of the molecule is CCCCN(CCCC)/C(CCC)=C(\C)C(=O)[O-]. The van der Waals surface area contributed by atoms with Gasteiger partial charge in [0, 0.05) is 18.8 Å². The minimum absolute atomic E-state index is 0.407. The van der Waals surface area contributed by atoms with Gasteiger partial charge in [0.25, 0.3) is 0 Å². The van der Waals surface area contributed by atoms with Crippen LogP contribution in [0.4, 0.5) is 0 Å². The third-order valence-electron chi connectivity index (χ3n) is 3.17. The summed E-state index contributed by atoms with van der Waals surface area (Å²) in [6.45, 7) is 9.98. The van der Waals surface area contributed by atoms with Crippen molar-refractivity contribution in [3.8, 4) is 0 Å². The predicted octanol–water partition coefficient (Wildman–Crippen LogP) is 2.71. The molecule has 0 spiro atoms. The second-order valence-electron chi connectivity index (χ2n) is 4.80. The van der Waals surface area contributed by atoms with Crippen molar-refractivity contribution in [3.63, 3.8) is 0 Å². The average Bonchev–Trinajstić information content (AvgIpc) is 2.36. The number of hydrogen-bond donors (Lipinski definition) is 0. The second kappa shape index (κ2) is 9.98. The van der Waals surface area contributed by atoms with Crippen molar-refractivity contribution >= 4 is 5.97 Å². The van der Waals surface area contributed by atoms with Gasteiger partial charge >= 0.3 is 0 Å². The van der Waals surface area contributed by atoms with E-state index in [2.05, 4.69) is 25.7 Å². The van der Waals surface area contributed by atoms with E-state index in [0.29, 0.717) is 5.57 Å². The molecule has 3 heteroatoms. The van der Waals surface area contributed by atoms with Crippen molar-refractivity contribution in [3.05, 3.63) is 11.3 Å². The monoisotopic (exact) mass is 254 g/mol. The summed E-state index contributed by atoms with van der Waals surface area (Å²) in [6.07, 6.45) is 6.27. The third-order valence-corrected chi connectivity index (χ3v) is 3.17. The van der Waals surface area contributed by atoms with Gasteiger partial charge in [-0.05, 0) is 31.8 Å². The molecule has 0 aromatic rings. The fourth-order valence-corrected chi connectivity index (χ4v) is 2.02. The summed E-state index contributed by atoms with van der Waals surface area (Å²) in [4.78, 5) is 13.3. The summed E-state index contributed by atoms with van der Waals surface area (Å²) in [6, 6.07) is 0. The number of carbonyl (C=O) groups excluding carboxylic acids is 1. The number of unbranched alkanes of at least 4 members (excludes halogenated alkanes) is 2. The number of carboxylic acids is 1. The zero-order chi connectivity index (χ0) is 14.0. The van der Waals surface area contributed by atoms with Crippen LogP contribution in [0, 0.1) is 0 Å². The lowest BCUT2D eigenvalue weighted by Gasteiger charge is -2.29. The number of rotatable bonds is 10. The molecule has 0 amide bonds. The lowest BCUT2D eigenvalue weighted by molar-refractivity contribution is -0.299. The van der Waals surface area contributed by atoms with Crippen molar-refractivity contribution in [1.82, 2.24) is 4.90 Å². The maximum atomic E-state index is 11.1. The maximum absolute atomic E-state index is 11.1. The molecular formula is C15H28NO2-. The highest BCUT2D eigenvalue weighted by atomic mass is 16.4. The molecule has 0 atom stereocenters. The van der Waals surface area contributed by atoms with Crippen molar-refractivity contribution in [2.75, 3.05) is 13.1 Å². The standard InChI is InChI=1S/C15H29NO2/c1-5-8-11-16(12-9-6-2)14(10-7-3)13(4)15(17)18/h5-12H2,1-4H3,(H,17,18)/p-1/b14-13+. The van der Waals surface area contributed by atoms with Crippen molar-refractivity contribution in [2.24, 2.45) is 0 Å². The molecule has 18 heavy (non-hydrogen) atoms. The fraction of sp³-hybridized carbons (Fsp3) is 0.800. The van der Waals surface area contributed by atoms with Crippen LogP contribution in [0.15, 0.2) is 11.3 Å². The molecule has 0 aromatic heterocycles. The quantitative estimate of drug-likeness (QED) is 0.563. The van der Waals surface area contributed by atoms with E-state index < -0.39 is 5.97 Å². The van der Waals surface area contributed by atoms with Crippen LogP contribution in [-0.2, 0) is 4.79 Å². The van der Waals surface area contributed by atoms with Crippen LogP contribution in [-0.4, -0.2) is 24.0 Å². The fourth-order valence-electron chi connectivity index (χ4n) is 2.02. The van der Waals surface area contributed by atoms with E-state index in [9.17, 15) is 9.90 Å². The Hall–Kier alpha value is -0.990. The summed E-state index contributed by atoms with van der Waals surface area (Å²) in [5, 5.41) is 11.1. The van der Waals surface area contributed by atoms with Crippen molar-refractivity contribution < 1.29 is 9.90 Å². The molecule has 0 saturated carbocycles. The van der Waals surface area contributed by atoms with E-state index in [0.717, 1.165) is 57.3 Å². The molecular weight excluding hydrogens is 226 g/mol. The number of hydrogen-bond acceptors (Lipinski definition) is 3. The minimum atomic E-state index is -1.03. The van der Waals surface area contributed by atoms with Crippen LogP contribution < -0.4 is 5.11 Å². The Morgan fingerprint density at radius 3 is 1.83 bits per heavy atom. The summed E-state index contributed by atoms with van der Waals surface area (Å²) in [5.41, 5.74) is 1.38. The Labute approximate surface area is 112 Å². The van der Waals surface area contributed by atoms with Gasteiger partial charge in [-0.15, -0.1) is 0 Å². The van der Waals surface area contributed by atoms with Gasteiger partial charge in [-0.2, -0.15) is 0 Å². The molecule has 0 bridgehead atoms. The molecule has 0 aliphatic heterocycles. The molecule has 0 radical (unpaired) electrons. The van der Waals surface area contributed by atoms with E-state index in [1.54, 1.807) is 6.92 Å². The highest BCUT2D eigenvalue weighted by Crippen LogP contribution is 2.18. The average molecular weight is 254 g/mol. The molecule has 0 fully saturated rings. The summed E-state index contributed by atoms with van der Waals surface area (Å²) >= 11 is 0. The number of carbonyl (C=O) groups is 1. The van der Waals surface area contributed by atoms with Crippen LogP contribution in [0.2, 0.25) is 0 Å². The zero-order valence-electron chi connectivity index (χ0n) is 12.4. The van der Waals surface area contributed by atoms with Crippen LogP contribution in [0.3, 0.4) is 0 Å². The predicted molar refractivity (Wildman–Crippen MR) is 74.0 cm³/mol. The van der Waals surface area contributed by atoms with Crippen LogP contribution in [0.5, 0.6) is 0 Å². The first-order chi connectivity index (χ1) is 8.58. The molecule has 0 rings (SSSR count). The molecule has 0 aromatic carbocycles. The first kappa shape index (κ1) is 17.0. The largest absolute Gasteiger partial charge is 0.545 e. The first-order valence-corrected chi connectivity index (χ1v) is 7.24. The van der Waals surface area contributed by atoms with Gasteiger partial charge in [0.1, 0.15) is 0 Å². The van der Waals surface area contributed by atoms with Crippen LogP contribution >= 0.6 is 0 Å². The van der Waals surface area contributed by atoms with Gasteiger partial charge in [0.05, 0.1) is 5.97 Å². The van der Waals surface area contributed by atoms with E-state index in [4.69, 9.17) is 0 Å². The van der Waals surface area contributed by atoms with Gasteiger partial charge in [-0.25, -0.2) is 0 Å². The van der Waals surface area contributed by atoms with Crippen LogP contribution in [0.25, 0.3) is 0 Å². The molecule has 106 valence electrons. The number of nitrogens with zero attached hydrogens (tertiary/aromatic N) is 1. The maximum Gasteiger partial charge on any atom is 0.0689 e. The summed E-state index contributed by atoms with van der Waals surface area (Å²) in [5.74, 6) is -1.03. The zero-order valence-corrected chi connectivity index (χ0v) is 12.4. The highest BCUT2D eigenvalue weighted by Gasteiger charge is 2.11. The van der Waals surface area contributed by atoms with Gasteiger partial charge in [0.2, 0.25) is 0 Å². The van der Waals surface area contributed by atoms with E-state index >= 15 is 0 Å². The third kappa shape index (κ3) is 6.08. The summed E-state index contributed by atoms with van der Waals surface area (Å²) < 4.78 is 0. The summed E-state index contributed by atoms with van der Waals surface area (Å²) in [7, 11) is 0. The highest BCUT2D eigenvalue weighted by molar-refractivity contribution is 5.84. The van der Waals surface area contributed by atoms with E-state index in [1.165, 1.54) is 0 Å². The van der Waals surface area contributed by atoms with Crippen LogP contribution in [0.1, 0.15) is 66.2 Å². The van der Waals surface area contributed by atoms with E-state index in [-0.39, 0.29) is 0 Å². The second-order valence-corrected chi connectivity index (χ2v) is 4.80. The van der Waals surface area contributed by atoms with Crippen molar-refractivity contribution in [2.45, 2.75) is 66.2 Å². The number of allylic oxidation sites excluding steroid dienone is 1.